The van der Waals surface area contributed by atoms with Crippen molar-refractivity contribution in [1.82, 2.24) is 0 Å². The van der Waals surface area contributed by atoms with E-state index in [4.69, 9.17) is 10.5 Å². The zero-order valence-electron chi connectivity index (χ0n) is 11.9. The van der Waals surface area contributed by atoms with Gasteiger partial charge in [-0.1, -0.05) is 31.9 Å². The lowest BCUT2D eigenvalue weighted by molar-refractivity contribution is 0.221. The van der Waals surface area contributed by atoms with Crippen LogP contribution in [0.15, 0.2) is 24.3 Å². The van der Waals surface area contributed by atoms with Crippen molar-refractivity contribution in [3.63, 3.8) is 0 Å². The van der Waals surface area contributed by atoms with E-state index in [0.29, 0.717) is 11.5 Å². The van der Waals surface area contributed by atoms with Crippen molar-refractivity contribution >= 4 is 0 Å². The van der Waals surface area contributed by atoms with Gasteiger partial charge in [0.1, 0.15) is 5.75 Å². The number of benzene rings is 1. The third-order valence-electron chi connectivity index (χ3n) is 5.01. The molecule has 0 radical (unpaired) electrons. The SMILES string of the molecule is CCC1(C(N)c2cccc(OC3CC3)c2)CCCC1. The fraction of sp³-hybridized carbons (Fsp3) is 0.647. The van der Waals surface area contributed by atoms with Crippen LogP contribution in [0.3, 0.4) is 0 Å². The number of ether oxygens (including phenoxy) is 1. The van der Waals surface area contributed by atoms with Gasteiger partial charge in [0.05, 0.1) is 6.10 Å². The standard InChI is InChI=1S/C17H25NO/c1-2-17(10-3-4-11-17)16(18)13-6-5-7-15(12-13)19-14-8-9-14/h5-7,12,14,16H,2-4,8-11,18H2,1H3. The maximum absolute atomic E-state index is 6.61. The molecule has 0 aliphatic heterocycles. The molecule has 2 aliphatic rings. The van der Waals surface area contributed by atoms with Gasteiger partial charge in [0.25, 0.3) is 0 Å². The Bertz CT molecular complexity index is 433. The Balaban J connectivity index is 1.79. The van der Waals surface area contributed by atoms with E-state index in [1.807, 2.05) is 0 Å². The molecule has 2 fully saturated rings. The van der Waals surface area contributed by atoms with Crippen molar-refractivity contribution in [2.45, 2.75) is 64.0 Å². The second kappa shape index (κ2) is 5.16. The van der Waals surface area contributed by atoms with Crippen molar-refractivity contribution in [2.75, 3.05) is 0 Å². The molecule has 1 aromatic rings. The first-order chi connectivity index (χ1) is 9.23. The normalized spacial score (nSPS) is 23.3. The number of hydrogen-bond acceptors (Lipinski definition) is 2. The molecule has 1 aromatic carbocycles. The summed E-state index contributed by atoms with van der Waals surface area (Å²) in [5.41, 5.74) is 8.17. The topological polar surface area (TPSA) is 35.2 Å². The van der Waals surface area contributed by atoms with E-state index in [-0.39, 0.29) is 6.04 Å². The minimum Gasteiger partial charge on any atom is -0.490 e. The predicted octanol–water partition coefficient (Wildman–Crippen LogP) is 4.20. The minimum atomic E-state index is 0.155. The molecule has 104 valence electrons. The Morgan fingerprint density at radius 3 is 2.68 bits per heavy atom. The summed E-state index contributed by atoms with van der Waals surface area (Å²) in [7, 11) is 0. The fourth-order valence-electron chi connectivity index (χ4n) is 3.48. The molecule has 0 aromatic heterocycles. The van der Waals surface area contributed by atoms with E-state index in [0.717, 1.165) is 5.75 Å². The van der Waals surface area contributed by atoms with E-state index in [2.05, 4.69) is 31.2 Å². The lowest BCUT2D eigenvalue weighted by Gasteiger charge is -2.34. The lowest BCUT2D eigenvalue weighted by atomic mass is 9.74. The van der Waals surface area contributed by atoms with Crippen molar-refractivity contribution in [1.29, 1.82) is 0 Å². The van der Waals surface area contributed by atoms with Crippen LogP contribution < -0.4 is 10.5 Å². The monoisotopic (exact) mass is 259 g/mol. The second-order valence-corrected chi connectivity index (χ2v) is 6.29. The van der Waals surface area contributed by atoms with Gasteiger partial charge in [-0.25, -0.2) is 0 Å². The summed E-state index contributed by atoms with van der Waals surface area (Å²) in [5, 5.41) is 0. The first-order valence-corrected chi connectivity index (χ1v) is 7.76. The third kappa shape index (κ3) is 2.64. The van der Waals surface area contributed by atoms with E-state index in [1.165, 1.54) is 50.5 Å². The van der Waals surface area contributed by atoms with Crippen molar-refractivity contribution < 1.29 is 4.74 Å². The molecule has 0 heterocycles. The summed E-state index contributed by atoms with van der Waals surface area (Å²) in [4.78, 5) is 0. The van der Waals surface area contributed by atoms with Gasteiger partial charge >= 0.3 is 0 Å². The lowest BCUT2D eigenvalue weighted by Crippen LogP contribution is -2.31. The molecule has 2 heteroatoms. The first kappa shape index (κ1) is 13.0. The van der Waals surface area contributed by atoms with Gasteiger partial charge in [-0.3, -0.25) is 0 Å². The average Bonchev–Trinajstić information content (AvgIpc) is 3.12. The summed E-state index contributed by atoms with van der Waals surface area (Å²) in [6, 6.07) is 8.63. The van der Waals surface area contributed by atoms with E-state index >= 15 is 0 Å². The van der Waals surface area contributed by atoms with Crippen LogP contribution >= 0.6 is 0 Å². The zero-order chi connectivity index (χ0) is 13.3. The minimum absolute atomic E-state index is 0.155. The van der Waals surface area contributed by atoms with Gasteiger partial charge in [0.15, 0.2) is 0 Å². The zero-order valence-corrected chi connectivity index (χ0v) is 11.9. The Morgan fingerprint density at radius 2 is 2.05 bits per heavy atom. The fourth-order valence-corrected chi connectivity index (χ4v) is 3.48. The molecule has 3 rings (SSSR count). The molecule has 0 spiro atoms. The Kier molecular flexibility index (Phi) is 3.53. The average molecular weight is 259 g/mol. The van der Waals surface area contributed by atoms with Crippen LogP contribution in [-0.4, -0.2) is 6.10 Å². The molecule has 2 nitrogen and oxygen atoms in total. The highest BCUT2D eigenvalue weighted by molar-refractivity contribution is 5.32. The largest absolute Gasteiger partial charge is 0.490 e. The summed E-state index contributed by atoms with van der Waals surface area (Å²) in [6.45, 7) is 2.29. The Hall–Kier alpha value is -1.02. The van der Waals surface area contributed by atoms with E-state index in [9.17, 15) is 0 Å². The summed E-state index contributed by atoms with van der Waals surface area (Å²) < 4.78 is 5.89. The van der Waals surface area contributed by atoms with Gasteiger partial charge in [0, 0.05) is 6.04 Å². The van der Waals surface area contributed by atoms with E-state index in [1.54, 1.807) is 0 Å². The molecule has 0 bridgehead atoms. The number of nitrogens with two attached hydrogens (primary N) is 1. The van der Waals surface area contributed by atoms with E-state index < -0.39 is 0 Å². The summed E-state index contributed by atoms with van der Waals surface area (Å²) in [5.74, 6) is 1.000. The number of hydrogen-bond donors (Lipinski definition) is 1. The third-order valence-corrected chi connectivity index (χ3v) is 5.01. The van der Waals surface area contributed by atoms with Gasteiger partial charge < -0.3 is 10.5 Å². The highest BCUT2D eigenvalue weighted by atomic mass is 16.5. The van der Waals surface area contributed by atoms with Gasteiger partial charge in [-0.15, -0.1) is 0 Å². The van der Waals surface area contributed by atoms with Crippen molar-refractivity contribution in [3.8, 4) is 5.75 Å². The van der Waals surface area contributed by atoms with Crippen LogP contribution in [0.25, 0.3) is 0 Å². The molecule has 19 heavy (non-hydrogen) atoms. The molecule has 0 saturated heterocycles. The molecule has 1 unspecified atom stereocenters. The quantitative estimate of drug-likeness (QED) is 0.860. The summed E-state index contributed by atoms with van der Waals surface area (Å²) in [6.07, 6.45) is 9.26. The second-order valence-electron chi connectivity index (χ2n) is 6.29. The highest BCUT2D eigenvalue weighted by Gasteiger charge is 2.38. The molecular weight excluding hydrogens is 234 g/mol. The Morgan fingerprint density at radius 1 is 1.32 bits per heavy atom. The van der Waals surface area contributed by atoms with Crippen LogP contribution in [0.2, 0.25) is 0 Å². The van der Waals surface area contributed by atoms with Gasteiger partial charge in [-0.05, 0) is 55.2 Å². The maximum Gasteiger partial charge on any atom is 0.120 e. The number of rotatable bonds is 5. The van der Waals surface area contributed by atoms with Gasteiger partial charge in [0.2, 0.25) is 0 Å². The highest BCUT2D eigenvalue weighted by Crippen LogP contribution is 2.49. The van der Waals surface area contributed by atoms with Crippen LogP contribution in [0.1, 0.15) is 63.5 Å². The van der Waals surface area contributed by atoms with Crippen LogP contribution in [0.5, 0.6) is 5.75 Å². The molecule has 0 amide bonds. The maximum atomic E-state index is 6.61. The smallest absolute Gasteiger partial charge is 0.120 e. The Labute approximate surface area is 116 Å². The van der Waals surface area contributed by atoms with Crippen LogP contribution in [0.4, 0.5) is 0 Å². The molecule has 2 N–H and O–H groups in total. The van der Waals surface area contributed by atoms with Crippen LogP contribution in [-0.2, 0) is 0 Å². The van der Waals surface area contributed by atoms with Crippen LogP contribution in [0, 0.1) is 5.41 Å². The molecular formula is C17H25NO. The molecule has 2 aliphatic carbocycles. The molecule has 1 atom stereocenters. The predicted molar refractivity (Wildman–Crippen MR) is 78.2 cm³/mol. The summed E-state index contributed by atoms with van der Waals surface area (Å²) >= 11 is 0. The van der Waals surface area contributed by atoms with Crippen molar-refractivity contribution in [3.05, 3.63) is 29.8 Å². The molecule has 2 saturated carbocycles. The van der Waals surface area contributed by atoms with Gasteiger partial charge in [-0.2, -0.15) is 0 Å². The first-order valence-electron chi connectivity index (χ1n) is 7.76. The van der Waals surface area contributed by atoms with Crippen molar-refractivity contribution in [2.24, 2.45) is 11.1 Å².